The normalized spacial score (nSPS) is 12.9. The zero-order valence-corrected chi connectivity index (χ0v) is 15.4. The molecule has 1 heterocycles. The van der Waals surface area contributed by atoms with Crippen molar-refractivity contribution in [2.45, 2.75) is 22.9 Å². The van der Waals surface area contributed by atoms with Gasteiger partial charge in [0.25, 0.3) is 0 Å². The summed E-state index contributed by atoms with van der Waals surface area (Å²) in [5, 5.41) is 9.79. The first-order valence-corrected chi connectivity index (χ1v) is 9.42. The van der Waals surface area contributed by atoms with Gasteiger partial charge in [-0.1, -0.05) is 53.7 Å². The van der Waals surface area contributed by atoms with Crippen molar-refractivity contribution in [2.75, 3.05) is 4.90 Å². The second kappa shape index (κ2) is 7.06. The van der Waals surface area contributed by atoms with Gasteiger partial charge in [-0.3, -0.25) is 0 Å². The largest absolute Gasteiger partial charge is 0.478 e. The molecule has 1 aliphatic heterocycles. The van der Waals surface area contributed by atoms with Gasteiger partial charge in [0.1, 0.15) is 0 Å². The minimum atomic E-state index is -0.909. The molecule has 1 aliphatic rings. The van der Waals surface area contributed by atoms with Crippen LogP contribution in [0.5, 0.6) is 0 Å². The van der Waals surface area contributed by atoms with E-state index in [2.05, 4.69) is 35.2 Å². The first-order valence-electron chi connectivity index (χ1n) is 8.22. The highest BCUT2D eigenvalue weighted by Gasteiger charge is 2.20. The molecule has 0 fully saturated rings. The van der Waals surface area contributed by atoms with E-state index in [9.17, 15) is 4.79 Å². The SMILES string of the molecule is O=C(O)c1ccc(CN2Cc3ccccc3Sc3ccc(Cl)cc32)cc1. The fourth-order valence-electron chi connectivity index (χ4n) is 3.08. The number of rotatable bonds is 3. The molecular formula is C21H16ClNO2S. The fraction of sp³-hybridized carbons (Fsp3) is 0.0952. The molecule has 0 atom stereocenters. The number of hydrogen-bond acceptors (Lipinski definition) is 3. The van der Waals surface area contributed by atoms with E-state index in [0.717, 1.165) is 17.8 Å². The molecule has 0 unspecified atom stereocenters. The van der Waals surface area contributed by atoms with Crippen molar-refractivity contribution in [1.29, 1.82) is 0 Å². The Hall–Kier alpha value is -2.43. The van der Waals surface area contributed by atoms with Gasteiger partial charge in [-0.25, -0.2) is 4.79 Å². The number of carbonyl (C=O) groups is 1. The van der Waals surface area contributed by atoms with Crippen molar-refractivity contribution >= 4 is 35.0 Å². The summed E-state index contributed by atoms with van der Waals surface area (Å²) in [5.74, 6) is -0.909. The summed E-state index contributed by atoms with van der Waals surface area (Å²) in [7, 11) is 0. The van der Waals surface area contributed by atoms with Gasteiger partial charge in [-0.2, -0.15) is 0 Å². The molecule has 0 aliphatic carbocycles. The Bertz CT molecular complexity index is 972. The maximum atomic E-state index is 11.1. The predicted octanol–water partition coefficient (Wildman–Crippen LogP) is 5.71. The highest BCUT2D eigenvalue weighted by molar-refractivity contribution is 7.99. The van der Waals surface area contributed by atoms with Gasteiger partial charge in [0.2, 0.25) is 0 Å². The zero-order chi connectivity index (χ0) is 18.1. The Morgan fingerprint density at radius 1 is 1.04 bits per heavy atom. The molecule has 3 aromatic carbocycles. The number of hydrogen-bond donors (Lipinski definition) is 1. The van der Waals surface area contributed by atoms with Gasteiger partial charge < -0.3 is 10.0 Å². The van der Waals surface area contributed by atoms with Crippen molar-refractivity contribution < 1.29 is 9.90 Å². The van der Waals surface area contributed by atoms with Gasteiger partial charge in [-0.05, 0) is 47.5 Å². The van der Waals surface area contributed by atoms with Crippen molar-refractivity contribution in [3.63, 3.8) is 0 Å². The van der Waals surface area contributed by atoms with Crippen molar-refractivity contribution in [1.82, 2.24) is 0 Å². The van der Waals surface area contributed by atoms with Crippen LogP contribution < -0.4 is 4.90 Å². The maximum absolute atomic E-state index is 11.1. The molecule has 130 valence electrons. The number of fused-ring (bicyclic) bond motifs is 2. The first-order chi connectivity index (χ1) is 12.6. The summed E-state index contributed by atoms with van der Waals surface area (Å²) in [6.45, 7) is 1.46. The van der Waals surface area contributed by atoms with Crippen LogP contribution in [0.3, 0.4) is 0 Å². The number of aromatic carboxylic acids is 1. The highest BCUT2D eigenvalue weighted by atomic mass is 35.5. The Balaban J connectivity index is 1.72. The zero-order valence-electron chi connectivity index (χ0n) is 13.9. The van der Waals surface area contributed by atoms with E-state index in [1.807, 2.05) is 24.3 Å². The van der Waals surface area contributed by atoms with Crippen LogP contribution in [-0.4, -0.2) is 11.1 Å². The van der Waals surface area contributed by atoms with Gasteiger partial charge >= 0.3 is 5.97 Å². The molecule has 3 nitrogen and oxygen atoms in total. The van der Waals surface area contributed by atoms with Crippen LogP contribution in [0.4, 0.5) is 5.69 Å². The van der Waals surface area contributed by atoms with E-state index in [0.29, 0.717) is 17.1 Å². The quantitative estimate of drug-likeness (QED) is 0.630. The Morgan fingerprint density at radius 3 is 2.58 bits per heavy atom. The number of carboxylic acid groups (broad SMARTS) is 1. The predicted molar refractivity (Wildman–Crippen MR) is 105 cm³/mol. The third-order valence-corrected chi connectivity index (χ3v) is 5.81. The number of nitrogens with zero attached hydrogens (tertiary/aromatic N) is 1. The van der Waals surface area contributed by atoms with Gasteiger partial charge in [0.05, 0.1) is 11.3 Å². The monoisotopic (exact) mass is 381 g/mol. The lowest BCUT2D eigenvalue weighted by Gasteiger charge is -2.25. The lowest BCUT2D eigenvalue weighted by atomic mass is 10.1. The van der Waals surface area contributed by atoms with E-state index < -0.39 is 5.97 Å². The molecular weight excluding hydrogens is 366 g/mol. The van der Waals surface area contributed by atoms with Crippen LogP contribution in [0.15, 0.2) is 76.5 Å². The van der Waals surface area contributed by atoms with E-state index in [-0.39, 0.29) is 0 Å². The van der Waals surface area contributed by atoms with Crippen LogP contribution in [0, 0.1) is 0 Å². The van der Waals surface area contributed by atoms with Gasteiger partial charge in [-0.15, -0.1) is 0 Å². The fourth-order valence-corrected chi connectivity index (χ4v) is 4.32. The Kier molecular flexibility index (Phi) is 4.62. The third-order valence-electron chi connectivity index (χ3n) is 4.39. The molecule has 26 heavy (non-hydrogen) atoms. The van der Waals surface area contributed by atoms with Crippen molar-refractivity contribution in [3.8, 4) is 0 Å². The summed E-state index contributed by atoms with van der Waals surface area (Å²) in [4.78, 5) is 15.8. The second-order valence-electron chi connectivity index (χ2n) is 6.18. The topological polar surface area (TPSA) is 40.5 Å². The van der Waals surface area contributed by atoms with Gasteiger partial charge in [0, 0.05) is 27.9 Å². The summed E-state index contributed by atoms with van der Waals surface area (Å²) < 4.78 is 0. The molecule has 4 rings (SSSR count). The Labute approximate surface area is 161 Å². The van der Waals surface area contributed by atoms with E-state index in [1.165, 1.54) is 15.4 Å². The average molecular weight is 382 g/mol. The first kappa shape index (κ1) is 17.0. The van der Waals surface area contributed by atoms with E-state index in [4.69, 9.17) is 16.7 Å². The Morgan fingerprint density at radius 2 is 1.81 bits per heavy atom. The van der Waals surface area contributed by atoms with Crippen LogP contribution >= 0.6 is 23.4 Å². The summed E-state index contributed by atoms with van der Waals surface area (Å²) in [6.07, 6.45) is 0. The molecule has 0 spiro atoms. The number of anilines is 1. The summed E-state index contributed by atoms with van der Waals surface area (Å²) >= 11 is 8.02. The molecule has 0 aromatic heterocycles. The van der Waals surface area contributed by atoms with Crippen LogP contribution in [0.25, 0.3) is 0 Å². The number of halogens is 1. The second-order valence-corrected chi connectivity index (χ2v) is 7.70. The van der Waals surface area contributed by atoms with Crippen LogP contribution in [0.1, 0.15) is 21.5 Å². The van der Waals surface area contributed by atoms with E-state index in [1.54, 1.807) is 23.9 Å². The van der Waals surface area contributed by atoms with Crippen molar-refractivity contribution in [3.05, 3.63) is 88.4 Å². The summed E-state index contributed by atoms with van der Waals surface area (Å²) in [6, 6.07) is 21.4. The minimum absolute atomic E-state index is 0.300. The highest BCUT2D eigenvalue weighted by Crippen LogP contribution is 2.42. The van der Waals surface area contributed by atoms with Crippen LogP contribution in [-0.2, 0) is 13.1 Å². The molecule has 0 radical (unpaired) electrons. The van der Waals surface area contributed by atoms with Crippen LogP contribution in [0.2, 0.25) is 5.02 Å². The lowest BCUT2D eigenvalue weighted by molar-refractivity contribution is 0.0697. The third kappa shape index (κ3) is 3.43. The van der Waals surface area contributed by atoms with Gasteiger partial charge in [0.15, 0.2) is 0 Å². The molecule has 0 saturated heterocycles. The maximum Gasteiger partial charge on any atom is 0.335 e. The smallest absolute Gasteiger partial charge is 0.335 e. The molecule has 3 aromatic rings. The standard InChI is InChI=1S/C21H16ClNO2S/c22-17-9-10-20-18(11-17)23(13-16-3-1-2-4-19(16)26-20)12-14-5-7-15(8-6-14)21(24)25/h1-11H,12-13H2,(H,24,25). The molecule has 0 amide bonds. The van der Waals surface area contributed by atoms with Crippen molar-refractivity contribution in [2.24, 2.45) is 0 Å². The molecule has 0 saturated carbocycles. The molecule has 1 N–H and O–H groups in total. The molecule has 0 bridgehead atoms. The number of carboxylic acids is 1. The minimum Gasteiger partial charge on any atom is -0.478 e. The average Bonchev–Trinajstić information content (AvgIpc) is 2.79. The summed E-state index contributed by atoms with van der Waals surface area (Å²) in [5.41, 5.74) is 3.73. The van der Waals surface area contributed by atoms with E-state index >= 15 is 0 Å². The molecule has 5 heteroatoms. The number of benzene rings is 3. The lowest BCUT2D eigenvalue weighted by Crippen LogP contribution is -2.22.